The summed E-state index contributed by atoms with van der Waals surface area (Å²) < 4.78 is 6.04. The Kier molecular flexibility index (Phi) is 3.66. The molecule has 98 valence electrons. The van der Waals surface area contributed by atoms with E-state index < -0.39 is 0 Å². The summed E-state index contributed by atoms with van der Waals surface area (Å²) in [7, 11) is 0. The first-order chi connectivity index (χ1) is 9.36. The van der Waals surface area contributed by atoms with Crippen molar-refractivity contribution >= 4 is 0 Å². The summed E-state index contributed by atoms with van der Waals surface area (Å²) in [4.78, 5) is 0. The third-order valence-electron chi connectivity index (χ3n) is 4.45. The topological polar surface area (TPSA) is 33.0 Å². The number of benzene rings is 1. The molecule has 3 rings (SSSR count). The Morgan fingerprint density at radius 2 is 1.79 bits per heavy atom. The molecular weight excluding hydrogens is 234 g/mol. The Balaban J connectivity index is 1.58. The Morgan fingerprint density at radius 3 is 2.47 bits per heavy atom. The Bertz CT molecular complexity index is 498. The molecule has 0 aromatic heterocycles. The molecule has 0 spiro atoms. The molecule has 2 aliphatic rings. The van der Waals surface area contributed by atoms with E-state index in [-0.39, 0.29) is 0 Å². The lowest BCUT2D eigenvalue weighted by atomic mass is 9.86. The van der Waals surface area contributed by atoms with Gasteiger partial charge >= 0.3 is 0 Å². The van der Waals surface area contributed by atoms with Crippen molar-refractivity contribution in [2.24, 2.45) is 11.8 Å². The highest BCUT2D eigenvalue weighted by molar-refractivity contribution is 5.36. The minimum atomic E-state index is 0.377. The number of rotatable bonds is 3. The zero-order valence-electron chi connectivity index (χ0n) is 11.1. The van der Waals surface area contributed by atoms with Crippen LogP contribution in [0.3, 0.4) is 0 Å². The molecule has 2 aliphatic carbocycles. The fourth-order valence-electron chi connectivity index (χ4n) is 3.37. The molecule has 1 aromatic rings. The number of hydrogen-bond acceptors (Lipinski definition) is 2. The summed E-state index contributed by atoms with van der Waals surface area (Å²) in [5, 5.41) is 9.07. The lowest BCUT2D eigenvalue weighted by Gasteiger charge is -2.19. The number of fused-ring (bicyclic) bond motifs is 1. The predicted octanol–water partition coefficient (Wildman–Crippen LogP) is 3.82. The van der Waals surface area contributed by atoms with Gasteiger partial charge < -0.3 is 4.74 Å². The molecule has 2 heteroatoms. The van der Waals surface area contributed by atoms with E-state index in [1.54, 1.807) is 0 Å². The lowest BCUT2D eigenvalue weighted by molar-refractivity contribution is 0.0414. The molecular formula is C17H19NO. The second-order valence-electron chi connectivity index (χ2n) is 5.64. The highest BCUT2D eigenvalue weighted by Gasteiger charge is 2.34. The van der Waals surface area contributed by atoms with Crippen LogP contribution in [-0.4, -0.2) is 6.10 Å². The zero-order chi connectivity index (χ0) is 13.1. The van der Waals surface area contributed by atoms with Crippen molar-refractivity contribution < 1.29 is 4.74 Å². The quantitative estimate of drug-likeness (QED) is 0.767. The second-order valence-corrected chi connectivity index (χ2v) is 5.64. The van der Waals surface area contributed by atoms with Gasteiger partial charge in [0.15, 0.2) is 0 Å². The summed E-state index contributed by atoms with van der Waals surface area (Å²) in [6.45, 7) is 0.571. The standard InChI is InChI=1S/C17H19NO/c18-11-15-7-3-4-8-16(15)12-19-17-9-13-5-1-2-6-14(13)10-17/h1-4,7-8,13-14,17H,5-6,9-10,12H2. The smallest absolute Gasteiger partial charge is 0.0995 e. The monoisotopic (exact) mass is 253 g/mol. The van der Waals surface area contributed by atoms with Crippen molar-refractivity contribution in [3.8, 4) is 6.07 Å². The van der Waals surface area contributed by atoms with Crippen LogP contribution >= 0.6 is 0 Å². The van der Waals surface area contributed by atoms with Gasteiger partial charge in [0, 0.05) is 0 Å². The highest BCUT2D eigenvalue weighted by atomic mass is 16.5. The van der Waals surface area contributed by atoms with Gasteiger partial charge in [-0.3, -0.25) is 0 Å². The molecule has 0 heterocycles. The number of ether oxygens (including phenoxy) is 1. The lowest BCUT2D eigenvalue weighted by Crippen LogP contribution is -2.09. The fourth-order valence-corrected chi connectivity index (χ4v) is 3.37. The molecule has 2 atom stereocenters. The van der Waals surface area contributed by atoms with Crippen LogP contribution in [0, 0.1) is 23.2 Å². The summed E-state index contributed by atoms with van der Waals surface area (Å²) in [6, 6.07) is 9.95. The maximum absolute atomic E-state index is 9.07. The third kappa shape index (κ3) is 2.72. The molecule has 1 aromatic carbocycles. The molecule has 0 radical (unpaired) electrons. The van der Waals surface area contributed by atoms with Gasteiger partial charge in [-0.25, -0.2) is 0 Å². The zero-order valence-corrected chi connectivity index (χ0v) is 11.1. The van der Waals surface area contributed by atoms with Crippen LogP contribution in [0.5, 0.6) is 0 Å². The maximum atomic E-state index is 9.07. The molecule has 1 saturated carbocycles. The van der Waals surface area contributed by atoms with E-state index in [0.717, 1.165) is 23.0 Å². The summed E-state index contributed by atoms with van der Waals surface area (Å²) in [6.07, 6.45) is 9.82. The van der Waals surface area contributed by atoms with E-state index in [9.17, 15) is 0 Å². The first-order valence-electron chi connectivity index (χ1n) is 7.11. The van der Waals surface area contributed by atoms with Crippen molar-refractivity contribution in [2.75, 3.05) is 0 Å². The largest absolute Gasteiger partial charge is 0.373 e. The first kappa shape index (κ1) is 12.4. The summed E-state index contributed by atoms with van der Waals surface area (Å²) in [5.41, 5.74) is 1.75. The molecule has 0 saturated heterocycles. The van der Waals surface area contributed by atoms with Crippen LogP contribution < -0.4 is 0 Å². The average molecular weight is 253 g/mol. The molecule has 0 bridgehead atoms. The van der Waals surface area contributed by atoms with Gasteiger partial charge in [-0.2, -0.15) is 5.26 Å². The van der Waals surface area contributed by atoms with Gasteiger partial charge in [0.2, 0.25) is 0 Å². The molecule has 19 heavy (non-hydrogen) atoms. The van der Waals surface area contributed by atoms with E-state index in [1.165, 1.54) is 25.7 Å². The van der Waals surface area contributed by atoms with Crippen LogP contribution in [0.15, 0.2) is 36.4 Å². The van der Waals surface area contributed by atoms with Gasteiger partial charge in [-0.15, -0.1) is 0 Å². The van der Waals surface area contributed by atoms with Gasteiger partial charge in [0.25, 0.3) is 0 Å². The molecule has 1 fully saturated rings. The summed E-state index contributed by atoms with van der Waals surface area (Å²) in [5.74, 6) is 1.64. The van der Waals surface area contributed by atoms with Crippen molar-refractivity contribution in [1.29, 1.82) is 5.26 Å². The normalized spacial score (nSPS) is 28.9. The number of nitriles is 1. The highest BCUT2D eigenvalue weighted by Crippen LogP contribution is 2.41. The maximum Gasteiger partial charge on any atom is 0.0995 e. The van der Waals surface area contributed by atoms with Crippen molar-refractivity contribution in [3.05, 3.63) is 47.5 Å². The van der Waals surface area contributed by atoms with Gasteiger partial charge in [0.1, 0.15) is 0 Å². The van der Waals surface area contributed by atoms with Crippen LogP contribution in [0.25, 0.3) is 0 Å². The van der Waals surface area contributed by atoms with Crippen molar-refractivity contribution in [3.63, 3.8) is 0 Å². The second kappa shape index (κ2) is 5.59. The Morgan fingerprint density at radius 1 is 1.11 bits per heavy atom. The van der Waals surface area contributed by atoms with Crippen LogP contribution in [0.1, 0.15) is 36.8 Å². The van der Waals surface area contributed by atoms with E-state index >= 15 is 0 Å². The average Bonchev–Trinajstić information content (AvgIpc) is 2.88. The number of allylic oxidation sites excluding steroid dienone is 2. The molecule has 0 amide bonds. The summed E-state index contributed by atoms with van der Waals surface area (Å²) >= 11 is 0. The Hall–Kier alpha value is -1.59. The van der Waals surface area contributed by atoms with Crippen molar-refractivity contribution in [2.45, 2.75) is 38.4 Å². The van der Waals surface area contributed by atoms with Gasteiger partial charge in [-0.05, 0) is 49.1 Å². The van der Waals surface area contributed by atoms with Crippen molar-refractivity contribution in [1.82, 2.24) is 0 Å². The SMILES string of the molecule is N#Cc1ccccc1COC1CC2CC=CCC2C1. The van der Waals surface area contributed by atoms with Crippen LogP contribution in [0.4, 0.5) is 0 Å². The number of hydrogen-bond donors (Lipinski definition) is 0. The third-order valence-corrected chi connectivity index (χ3v) is 4.45. The van der Waals surface area contributed by atoms with E-state index in [0.29, 0.717) is 12.7 Å². The first-order valence-corrected chi connectivity index (χ1v) is 7.11. The van der Waals surface area contributed by atoms with E-state index in [4.69, 9.17) is 10.00 Å². The number of nitrogens with zero attached hydrogens (tertiary/aromatic N) is 1. The fraction of sp³-hybridized carbons (Fsp3) is 0.471. The van der Waals surface area contributed by atoms with Gasteiger partial charge in [-0.1, -0.05) is 30.4 Å². The molecule has 0 aliphatic heterocycles. The molecule has 2 unspecified atom stereocenters. The molecule has 2 nitrogen and oxygen atoms in total. The van der Waals surface area contributed by atoms with Crippen LogP contribution in [-0.2, 0) is 11.3 Å². The minimum Gasteiger partial charge on any atom is -0.373 e. The van der Waals surface area contributed by atoms with E-state index in [1.807, 2.05) is 24.3 Å². The molecule has 0 N–H and O–H groups in total. The van der Waals surface area contributed by atoms with Crippen LogP contribution in [0.2, 0.25) is 0 Å². The van der Waals surface area contributed by atoms with E-state index in [2.05, 4.69) is 18.2 Å². The minimum absolute atomic E-state index is 0.377. The Labute approximate surface area is 114 Å². The van der Waals surface area contributed by atoms with Gasteiger partial charge in [0.05, 0.1) is 24.3 Å². The predicted molar refractivity (Wildman–Crippen MR) is 74.3 cm³/mol.